The van der Waals surface area contributed by atoms with Crippen LogP contribution in [-0.4, -0.2) is 61.3 Å². The first-order valence-electron chi connectivity index (χ1n) is 6.50. The van der Waals surface area contributed by atoms with Crippen LogP contribution in [0.15, 0.2) is 0 Å². The monoisotopic (exact) mass is 295 g/mol. The molecule has 4 nitrogen and oxygen atoms in total. The normalized spacial score (nSPS) is 23.2. The summed E-state index contributed by atoms with van der Waals surface area (Å²) in [4.78, 5) is 2.05. The summed E-state index contributed by atoms with van der Waals surface area (Å²) in [6.45, 7) is 5.72. The Morgan fingerprint density at radius 3 is 2.44 bits per heavy atom. The topological polar surface area (TPSA) is 57.6 Å². The van der Waals surface area contributed by atoms with Gasteiger partial charge >= 0.3 is 0 Å². The molecule has 1 aliphatic rings. The SMILES string of the molecule is CCC(CC)(CO)CN1CCSCC1S(C)(=O)=O. The molecule has 0 saturated carbocycles. The predicted molar refractivity (Wildman–Crippen MR) is 77.6 cm³/mol. The van der Waals surface area contributed by atoms with Crippen molar-refractivity contribution in [1.29, 1.82) is 0 Å². The van der Waals surface area contributed by atoms with Gasteiger partial charge in [-0.3, -0.25) is 4.90 Å². The smallest absolute Gasteiger partial charge is 0.164 e. The molecule has 0 aromatic rings. The average Bonchev–Trinajstić information content (AvgIpc) is 2.35. The van der Waals surface area contributed by atoms with Crippen LogP contribution in [0, 0.1) is 5.41 Å². The van der Waals surface area contributed by atoms with E-state index in [0.717, 1.165) is 25.1 Å². The van der Waals surface area contributed by atoms with Gasteiger partial charge < -0.3 is 5.11 Å². The lowest BCUT2D eigenvalue weighted by Crippen LogP contribution is -2.51. The highest BCUT2D eigenvalue weighted by Gasteiger charge is 2.36. The van der Waals surface area contributed by atoms with E-state index in [9.17, 15) is 13.5 Å². The lowest BCUT2D eigenvalue weighted by molar-refractivity contribution is 0.0641. The Hall–Kier alpha value is 0.220. The van der Waals surface area contributed by atoms with Crippen LogP contribution in [0.3, 0.4) is 0 Å². The number of sulfone groups is 1. The zero-order chi connectivity index (χ0) is 13.8. The molecule has 1 rings (SSSR count). The van der Waals surface area contributed by atoms with Gasteiger partial charge in [0.15, 0.2) is 9.84 Å². The Labute approximate surface area is 115 Å². The van der Waals surface area contributed by atoms with Crippen molar-refractivity contribution >= 4 is 21.6 Å². The molecular formula is C12H25NO3S2. The molecule has 0 radical (unpaired) electrons. The van der Waals surface area contributed by atoms with E-state index in [-0.39, 0.29) is 17.4 Å². The fourth-order valence-electron chi connectivity index (χ4n) is 2.37. The second-order valence-electron chi connectivity index (χ2n) is 5.19. The minimum atomic E-state index is -3.05. The maximum Gasteiger partial charge on any atom is 0.164 e. The predicted octanol–water partition coefficient (Wildman–Crippen LogP) is 1.20. The molecule has 0 aliphatic carbocycles. The van der Waals surface area contributed by atoms with Gasteiger partial charge in [0, 0.05) is 42.9 Å². The first-order valence-corrected chi connectivity index (χ1v) is 9.61. The number of aliphatic hydroxyl groups excluding tert-OH is 1. The van der Waals surface area contributed by atoms with Crippen molar-refractivity contribution in [2.45, 2.75) is 32.1 Å². The number of aliphatic hydroxyl groups is 1. The second kappa shape index (κ2) is 6.59. The highest BCUT2D eigenvalue weighted by atomic mass is 32.2. The number of hydrogen-bond acceptors (Lipinski definition) is 5. The summed E-state index contributed by atoms with van der Waals surface area (Å²) in [5, 5.41) is 9.23. The summed E-state index contributed by atoms with van der Waals surface area (Å²) in [5.41, 5.74) is -0.162. The summed E-state index contributed by atoms with van der Waals surface area (Å²) in [6.07, 6.45) is 3.06. The standard InChI is InChI=1S/C12H25NO3S2/c1-4-12(5-2,10-14)9-13-6-7-17-8-11(13)18(3,15)16/h11,14H,4-10H2,1-3H3. The molecule has 0 bridgehead atoms. The highest BCUT2D eigenvalue weighted by molar-refractivity contribution is 8.00. The molecule has 108 valence electrons. The fraction of sp³-hybridized carbons (Fsp3) is 1.00. The van der Waals surface area contributed by atoms with Crippen LogP contribution in [-0.2, 0) is 9.84 Å². The van der Waals surface area contributed by atoms with Crippen molar-refractivity contribution in [1.82, 2.24) is 4.90 Å². The molecule has 18 heavy (non-hydrogen) atoms. The van der Waals surface area contributed by atoms with Crippen molar-refractivity contribution in [3.8, 4) is 0 Å². The van der Waals surface area contributed by atoms with E-state index < -0.39 is 9.84 Å². The minimum Gasteiger partial charge on any atom is -0.396 e. The van der Waals surface area contributed by atoms with Crippen LogP contribution >= 0.6 is 11.8 Å². The van der Waals surface area contributed by atoms with Crippen LogP contribution in [0.1, 0.15) is 26.7 Å². The zero-order valence-electron chi connectivity index (χ0n) is 11.6. The van der Waals surface area contributed by atoms with Gasteiger partial charge in [-0.05, 0) is 12.8 Å². The van der Waals surface area contributed by atoms with E-state index in [2.05, 4.69) is 18.7 Å². The molecule has 0 amide bonds. The summed E-state index contributed by atoms with van der Waals surface area (Å²) >= 11 is 1.70. The molecule has 1 saturated heterocycles. The van der Waals surface area contributed by atoms with Gasteiger partial charge in [0.25, 0.3) is 0 Å². The summed E-state index contributed by atoms with van der Waals surface area (Å²) in [5.74, 6) is 1.62. The molecule has 0 aromatic heterocycles. The average molecular weight is 295 g/mol. The fourth-order valence-corrected chi connectivity index (χ4v) is 5.31. The Kier molecular flexibility index (Phi) is 5.96. The van der Waals surface area contributed by atoms with Crippen molar-refractivity contribution < 1.29 is 13.5 Å². The van der Waals surface area contributed by atoms with E-state index in [1.54, 1.807) is 11.8 Å². The first-order chi connectivity index (χ1) is 8.38. The molecule has 0 aromatic carbocycles. The van der Waals surface area contributed by atoms with E-state index in [4.69, 9.17) is 0 Å². The summed E-state index contributed by atoms with van der Waals surface area (Å²) in [6, 6.07) is 0. The van der Waals surface area contributed by atoms with Crippen LogP contribution in [0.5, 0.6) is 0 Å². The van der Waals surface area contributed by atoms with E-state index in [1.807, 2.05) is 0 Å². The second-order valence-corrected chi connectivity index (χ2v) is 8.55. The largest absolute Gasteiger partial charge is 0.396 e. The van der Waals surface area contributed by atoms with Gasteiger partial charge in [-0.15, -0.1) is 0 Å². The Morgan fingerprint density at radius 2 is 2.00 bits per heavy atom. The number of hydrogen-bond donors (Lipinski definition) is 1. The summed E-state index contributed by atoms with van der Waals surface area (Å²) in [7, 11) is -3.05. The van der Waals surface area contributed by atoms with E-state index in [1.165, 1.54) is 6.26 Å². The maximum absolute atomic E-state index is 11.8. The number of rotatable bonds is 6. The van der Waals surface area contributed by atoms with Crippen LogP contribution in [0.4, 0.5) is 0 Å². The number of nitrogens with zero attached hydrogens (tertiary/aromatic N) is 1. The first kappa shape index (κ1) is 16.3. The van der Waals surface area contributed by atoms with Crippen LogP contribution in [0.2, 0.25) is 0 Å². The van der Waals surface area contributed by atoms with Crippen LogP contribution in [0.25, 0.3) is 0 Å². The van der Waals surface area contributed by atoms with Crippen molar-refractivity contribution in [2.75, 3.05) is 37.5 Å². The van der Waals surface area contributed by atoms with Gasteiger partial charge in [0.05, 0.1) is 0 Å². The Bertz CT molecular complexity index is 344. The third kappa shape index (κ3) is 3.85. The van der Waals surface area contributed by atoms with Gasteiger partial charge in [-0.25, -0.2) is 8.42 Å². The molecule has 6 heteroatoms. The molecular weight excluding hydrogens is 270 g/mol. The third-order valence-corrected chi connectivity index (χ3v) is 6.75. The zero-order valence-corrected chi connectivity index (χ0v) is 13.2. The molecule has 1 unspecified atom stereocenters. The van der Waals surface area contributed by atoms with E-state index >= 15 is 0 Å². The van der Waals surface area contributed by atoms with Gasteiger partial charge in [-0.1, -0.05) is 13.8 Å². The summed E-state index contributed by atoms with van der Waals surface area (Å²) < 4.78 is 23.7. The molecule has 1 N–H and O–H groups in total. The number of thioether (sulfide) groups is 1. The molecule has 1 fully saturated rings. The molecule has 1 heterocycles. The van der Waals surface area contributed by atoms with Crippen molar-refractivity contribution in [2.24, 2.45) is 5.41 Å². The van der Waals surface area contributed by atoms with Gasteiger partial charge in [0.2, 0.25) is 0 Å². The van der Waals surface area contributed by atoms with E-state index in [0.29, 0.717) is 12.3 Å². The Morgan fingerprint density at radius 1 is 1.39 bits per heavy atom. The third-order valence-electron chi connectivity index (χ3n) is 4.06. The maximum atomic E-state index is 11.8. The lowest BCUT2D eigenvalue weighted by Gasteiger charge is -2.41. The quantitative estimate of drug-likeness (QED) is 0.798. The van der Waals surface area contributed by atoms with Crippen LogP contribution < -0.4 is 0 Å². The molecule has 0 spiro atoms. The molecule has 1 aliphatic heterocycles. The van der Waals surface area contributed by atoms with Crippen molar-refractivity contribution in [3.63, 3.8) is 0 Å². The highest BCUT2D eigenvalue weighted by Crippen LogP contribution is 2.30. The molecule has 1 atom stereocenters. The van der Waals surface area contributed by atoms with Gasteiger partial charge in [0.1, 0.15) is 5.37 Å². The van der Waals surface area contributed by atoms with Gasteiger partial charge in [-0.2, -0.15) is 11.8 Å². The lowest BCUT2D eigenvalue weighted by atomic mass is 9.82. The minimum absolute atomic E-state index is 0.125. The van der Waals surface area contributed by atoms with Crippen molar-refractivity contribution in [3.05, 3.63) is 0 Å². The Balaban J connectivity index is 2.85.